The Kier molecular flexibility index (Phi) is 2.98. The Morgan fingerprint density at radius 1 is 1.14 bits per heavy atom. The fourth-order valence-electron chi connectivity index (χ4n) is 1.59. The van der Waals surface area contributed by atoms with E-state index in [9.17, 15) is 0 Å². The Balaban J connectivity index is 2.23. The molecule has 0 radical (unpaired) electrons. The summed E-state index contributed by atoms with van der Waals surface area (Å²) in [5, 5.41) is 0. The molecule has 3 heteroatoms. The molecule has 76 valence electrons. The molecule has 1 fully saturated rings. The van der Waals surface area contributed by atoms with Crippen LogP contribution in [0, 0.1) is 0 Å². The van der Waals surface area contributed by atoms with Crippen LogP contribution in [0.2, 0.25) is 0 Å². The van der Waals surface area contributed by atoms with E-state index in [1.165, 1.54) is 23.5 Å². The second-order valence-corrected chi connectivity index (χ2v) is 6.90. The van der Waals surface area contributed by atoms with Gasteiger partial charge >= 0.3 is 0 Å². The summed E-state index contributed by atoms with van der Waals surface area (Å²) in [6, 6.07) is 8.30. The minimum absolute atomic E-state index is 0.242. The molecular weight excluding hydrogens is 210 g/mol. The van der Waals surface area contributed by atoms with Crippen LogP contribution >= 0.6 is 23.5 Å². The van der Waals surface area contributed by atoms with Crippen LogP contribution in [-0.4, -0.2) is 11.5 Å². The van der Waals surface area contributed by atoms with Gasteiger partial charge in [-0.2, -0.15) is 0 Å². The van der Waals surface area contributed by atoms with Crippen LogP contribution in [0.15, 0.2) is 24.3 Å². The molecule has 0 amide bonds. The van der Waals surface area contributed by atoms with Crippen molar-refractivity contribution in [2.24, 2.45) is 0 Å². The van der Waals surface area contributed by atoms with Crippen LogP contribution in [0.1, 0.15) is 18.9 Å². The van der Waals surface area contributed by atoms with Crippen LogP contribution in [0.4, 0.5) is 5.69 Å². The van der Waals surface area contributed by atoms with Crippen molar-refractivity contribution in [2.75, 3.05) is 17.2 Å². The number of hydrogen-bond donors (Lipinski definition) is 1. The third kappa shape index (κ3) is 2.04. The van der Waals surface area contributed by atoms with Crippen LogP contribution in [0.5, 0.6) is 0 Å². The molecule has 1 aliphatic rings. The number of benzene rings is 1. The lowest BCUT2D eigenvalue weighted by atomic mass is 10.1. The summed E-state index contributed by atoms with van der Waals surface area (Å²) < 4.78 is 0.242. The van der Waals surface area contributed by atoms with Gasteiger partial charge in [0.25, 0.3) is 0 Å². The first-order chi connectivity index (χ1) is 6.71. The molecule has 1 saturated heterocycles. The standard InChI is InChI=1S/C11H15NS2/c1-11(13-7-2-8-14-11)9-3-5-10(12)6-4-9/h3-6H,2,7-8,12H2,1H3. The lowest BCUT2D eigenvalue weighted by Crippen LogP contribution is -2.18. The number of nitrogen functional groups attached to an aromatic ring is 1. The average molecular weight is 225 g/mol. The van der Waals surface area contributed by atoms with Crippen molar-refractivity contribution in [3.63, 3.8) is 0 Å². The zero-order chi connectivity index (χ0) is 10.0. The lowest BCUT2D eigenvalue weighted by Gasteiger charge is -2.32. The lowest BCUT2D eigenvalue weighted by molar-refractivity contribution is 0.964. The molecular formula is C11H15NS2. The van der Waals surface area contributed by atoms with Crippen molar-refractivity contribution in [1.82, 2.24) is 0 Å². The van der Waals surface area contributed by atoms with Crippen molar-refractivity contribution >= 4 is 29.2 Å². The molecule has 0 saturated carbocycles. The highest BCUT2D eigenvalue weighted by Gasteiger charge is 2.29. The van der Waals surface area contributed by atoms with Gasteiger partial charge in [-0.15, -0.1) is 23.5 Å². The molecule has 0 unspecified atom stereocenters. The molecule has 1 heterocycles. The average Bonchev–Trinajstić information content (AvgIpc) is 2.19. The van der Waals surface area contributed by atoms with Gasteiger partial charge in [0, 0.05) is 5.69 Å². The quantitative estimate of drug-likeness (QED) is 0.743. The monoisotopic (exact) mass is 225 g/mol. The minimum Gasteiger partial charge on any atom is -0.399 e. The topological polar surface area (TPSA) is 26.0 Å². The largest absolute Gasteiger partial charge is 0.399 e. The summed E-state index contributed by atoms with van der Waals surface area (Å²) in [5.74, 6) is 2.54. The molecule has 0 aliphatic carbocycles. The van der Waals surface area contributed by atoms with Gasteiger partial charge in [-0.1, -0.05) is 12.1 Å². The first-order valence-corrected chi connectivity index (χ1v) is 6.82. The first kappa shape index (κ1) is 10.2. The fraction of sp³-hybridized carbons (Fsp3) is 0.455. The molecule has 0 bridgehead atoms. The number of hydrogen-bond acceptors (Lipinski definition) is 3. The molecule has 1 nitrogen and oxygen atoms in total. The first-order valence-electron chi connectivity index (χ1n) is 4.85. The fourth-order valence-corrected chi connectivity index (χ4v) is 4.56. The summed E-state index contributed by atoms with van der Waals surface area (Å²) in [4.78, 5) is 0. The number of anilines is 1. The molecule has 0 spiro atoms. The second kappa shape index (κ2) is 4.07. The van der Waals surface area contributed by atoms with Gasteiger partial charge in [0.1, 0.15) is 0 Å². The van der Waals surface area contributed by atoms with Gasteiger partial charge in [0.2, 0.25) is 0 Å². The van der Waals surface area contributed by atoms with Gasteiger partial charge in [-0.25, -0.2) is 0 Å². The maximum atomic E-state index is 5.69. The van der Waals surface area contributed by atoms with Gasteiger partial charge in [-0.05, 0) is 42.5 Å². The molecule has 1 aromatic rings. The van der Waals surface area contributed by atoms with Crippen LogP contribution in [0.25, 0.3) is 0 Å². The van der Waals surface area contributed by atoms with Crippen molar-refractivity contribution in [2.45, 2.75) is 17.4 Å². The SMILES string of the molecule is CC1(c2ccc(N)cc2)SCCCS1. The molecule has 1 aromatic carbocycles. The van der Waals surface area contributed by atoms with Crippen molar-refractivity contribution in [3.8, 4) is 0 Å². The van der Waals surface area contributed by atoms with E-state index in [2.05, 4.69) is 19.1 Å². The minimum atomic E-state index is 0.242. The Morgan fingerprint density at radius 3 is 2.29 bits per heavy atom. The summed E-state index contributed by atoms with van der Waals surface area (Å²) in [6.07, 6.45) is 1.33. The van der Waals surface area contributed by atoms with Gasteiger partial charge < -0.3 is 5.73 Å². The highest BCUT2D eigenvalue weighted by Crippen LogP contribution is 2.49. The van der Waals surface area contributed by atoms with Gasteiger partial charge in [0.15, 0.2) is 0 Å². The third-order valence-corrected chi connectivity index (χ3v) is 5.74. The van der Waals surface area contributed by atoms with Crippen LogP contribution in [-0.2, 0) is 4.08 Å². The van der Waals surface area contributed by atoms with Crippen molar-refractivity contribution in [3.05, 3.63) is 29.8 Å². The third-order valence-electron chi connectivity index (χ3n) is 2.48. The number of nitrogens with two attached hydrogens (primary N) is 1. The van der Waals surface area contributed by atoms with Crippen molar-refractivity contribution < 1.29 is 0 Å². The molecule has 14 heavy (non-hydrogen) atoms. The Hall–Kier alpha value is -0.280. The molecule has 2 rings (SSSR count). The van der Waals surface area contributed by atoms with E-state index in [1.54, 1.807) is 0 Å². The highest BCUT2D eigenvalue weighted by molar-refractivity contribution is 8.18. The number of thioether (sulfide) groups is 2. The molecule has 0 atom stereocenters. The van der Waals surface area contributed by atoms with E-state index in [0.717, 1.165) is 5.69 Å². The summed E-state index contributed by atoms with van der Waals surface area (Å²) in [5.41, 5.74) is 7.93. The Labute approximate surface area is 93.8 Å². The molecule has 1 aliphatic heterocycles. The predicted molar refractivity (Wildman–Crippen MR) is 67.7 cm³/mol. The van der Waals surface area contributed by atoms with E-state index < -0.39 is 0 Å². The summed E-state index contributed by atoms with van der Waals surface area (Å²) in [6.45, 7) is 2.31. The van der Waals surface area contributed by atoms with Gasteiger partial charge in [-0.3, -0.25) is 0 Å². The maximum Gasteiger partial charge on any atom is 0.0832 e. The van der Waals surface area contributed by atoms with Gasteiger partial charge in [0.05, 0.1) is 4.08 Å². The second-order valence-electron chi connectivity index (χ2n) is 3.62. The van der Waals surface area contributed by atoms with E-state index in [1.807, 2.05) is 35.7 Å². The zero-order valence-corrected chi connectivity index (χ0v) is 9.96. The van der Waals surface area contributed by atoms with E-state index in [4.69, 9.17) is 5.73 Å². The molecule has 2 N–H and O–H groups in total. The normalized spacial score (nSPS) is 20.6. The van der Waals surface area contributed by atoms with Crippen molar-refractivity contribution in [1.29, 1.82) is 0 Å². The maximum absolute atomic E-state index is 5.69. The Morgan fingerprint density at radius 2 is 1.71 bits per heavy atom. The van der Waals surface area contributed by atoms with E-state index in [0.29, 0.717) is 0 Å². The van der Waals surface area contributed by atoms with Crippen LogP contribution in [0.3, 0.4) is 0 Å². The smallest absolute Gasteiger partial charge is 0.0832 e. The predicted octanol–water partition coefficient (Wildman–Crippen LogP) is 3.31. The van der Waals surface area contributed by atoms with E-state index >= 15 is 0 Å². The summed E-state index contributed by atoms with van der Waals surface area (Å²) >= 11 is 4.09. The van der Waals surface area contributed by atoms with Crippen LogP contribution < -0.4 is 5.73 Å². The highest BCUT2D eigenvalue weighted by atomic mass is 32.2. The number of rotatable bonds is 1. The molecule has 0 aromatic heterocycles. The van der Waals surface area contributed by atoms with E-state index in [-0.39, 0.29) is 4.08 Å². The summed E-state index contributed by atoms with van der Waals surface area (Å²) in [7, 11) is 0. The zero-order valence-electron chi connectivity index (χ0n) is 8.32. The Bertz CT molecular complexity index is 302.